The van der Waals surface area contributed by atoms with Crippen LogP contribution in [0.15, 0.2) is 17.2 Å². The first-order valence-electron chi connectivity index (χ1n) is 7.56. The molecule has 0 aliphatic carbocycles. The van der Waals surface area contributed by atoms with Crippen LogP contribution in [0.5, 0.6) is 5.75 Å². The van der Waals surface area contributed by atoms with E-state index >= 15 is 0 Å². The summed E-state index contributed by atoms with van der Waals surface area (Å²) in [6, 6.07) is 3.55. The largest absolute Gasteiger partial charge is 0.507 e. The molecule has 0 amide bonds. The third-order valence-electron chi connectivity index (χ3n) is 3.74. The van der Waals surface area contributed by atoms with Crippen molar-refractivity contribution in [1.29, 1.82) is 0 Å². The van der Waals surface area contributed by atoms with Gasteiger partial charge in [0, 0.05) is 16.8 Å². The molecule has 122 valence electrons. The van der Waals surface area contributed by atoms with Crippen molar-refractivity contribution in [3.63, 3.8) is 0 Å². The second-order valence-electron chi connectivity index (χ2n) is 5.48. The molecule has 0 radical (unpaired) electrons. The molecule has 0 atom stereocenters. The second kappa shape index (κ2) is 8.12. The molecule has 0 saturated carbocycles. The number of aliphatic hydroxyl groups excluding tert-OH is 2. The second-order valence-corrected chi connectivity index (χ2v) is 5.48. The zero-order valence-corrected chi connectivity index (χ0v) is 13.0. The van der Waals surface area contributed by atoms with E-state index in [-0.39, 0.29) is 19.0 Å². The number of nitrogens with zero attached hydrogens (tertiary/aromatic N) is 2. The van der Waals surface area contributed by atoms with Crippen molar-refractivity contribution in [2.45, 2.75) is 33.0 Å². The van der Waals surface area contributed by atoms with Crippen LogP contribution in [-0.2, 0) is 24.4 Å². The average molecular weight is 308 g/mol. The number of rotatable bonds is 6. The summed E-state index contributed by atoms with van der Waals surface area (Å²) in [5, 5.41) is 35.0. The van der Waals surface area contributed by atoms with Crippen molar-refractivity contribution < 1.29 is 20.1 Å². The van der Waals surface area contributed by atoms with Crippen LogP contribution in [0.4, 0.5) is 0 Å². The molecule has 1 heterocycles. The highest BCUT2D eigenvalue weighted by atomic mass is 16.5. The van der Waals surface area contributed by atoms with Crippen molar-refractivity contribution >= 4 is 5.71 Å². The summed E-state index contributed by atoms with van der Waals surface area (Å²) in [4.78, 5) is 0. The van der Waals surface area contributed by atoms with Crippen LogP contribution in [0.2, 0.25) is 0 Å². The molecule has 1 fully saturated rings. The molecule has 0 unspecified atom stereocenters. The SMILES string of the molecule is C/C(CCc1cc(CO)c(O)c(CO)c1)=N/N1CCOCC1. The first-order valence-corrected chi connectivity index (χ1v) is 7.56. The Balaban J connectivity index is 1.99. The molecule has 0 spiro atoms. The molecule has 6 nitrogen and oxygen atoms in total. The van der Waals surface area contributed by atoms with Gasteiger partial charge in [0.05, 0.1) is 39.5 Å². The van der Waals surface area contributed by atoms with Gasteiger partial charge in [-0.1, -0.05) is 0 Å². The van der Waals surface area contributed by atoms with Gasteiger partial charge < -0.3 is 20.1 Å². The Morgan fingerprint density at radius 2 is 1.77 bits per heavy atom. The minimum Gasteiger partial charge on any atom is -0.507 e. The Labute approximate surface area is 130 Å². The van der Waals surface area contributed by atoms with E-state index in [1.54, 1.807) is 12.1 Å². The van der Waals surface area contributed by atoms with Gasteiger partial charge in [-0.15, -0.1) is 0 Å². The lowest BCUT2D eigenvalue weighted by Crippen LogP contribution is -2.32. The maximum atomic E-state index is 9.84. The zero-order chi connectivity index (χ0) is 15.9. The van der Waals surface area contributed by atoms with Gasteiger partial charge in [0.2, 0.25) is 0 Å². The number of aryl methyl sites for hydroxylation is 1. The third-order valence-corrected chi connectivity index (χ3v) is 3.74. The number of hydrogen-bond acceptors (Lipinski definition) is 6. The van der Waals surface area contributed by atoms with Crippen molar-refractivity contribution in [2.24, 2.45) is 5.10 Å². The first-order chi connectivity index (χ1) is 10.6. The summed E-state index contributed by atoms with van der Waals surface area (Å²) >= 11 is 0. The van der Waals surface area contributed by atoms with Crippen LogP contribution in [0.1, 0.15) is 30.0 Å². The van der Waals surface area contributed by atoms with Crippen molar-refractivity contribution in [1.82, 2.24) is 5.01 Å². The van der Waals surface area contributed by atoms with Crippen molar-refractivity contribution in [2.75, 3.05) is 26.3 Å². The van der Waals surface area contributed by atoms with Crippen LogP contribution in [0, 0.1) is 0 Å². The number of hydrogen-bond donors (Lipinski definition) is 3. The van der Waals surface area contributed by atoms with Gasteiger partial charge in [-0.3, -0.25) is 5.01 Å². The molecule has 1 saturated heterocycles. The van der Waals surface area contributed by atoms with E-state index in [9.17, 15) is 15.3 Å². The standard InChI is InChI=1S/C16H24N2O4/c1-12(17-18-4-6-22-7-5-18)2-3-13-8-14(10-19)16(21)15(9-13)11-20/h8-9,19-21H,2-7,10-11H2,1H3/b17-12-. The topological polar surface area (TPSA) is 85.5 Å². The summed E-state index contributed by atoms with van der Waals surface area (Å²) < 4.78 is 5.29. The van der Waals surface area contributed by atoms with E-state index in [4.69, 9.17) is 4.74 Å². The monoisotopic (exact) mass is 308 g/mol. The molecular formula is C16H24N2O4. The highest BCUT2D eigenvalue weighted by Crippen LogP contribution is 2.25. The van der Waals surface area contributed by atoms with Crippen LogP contribution in [-0.4, -0.2) is 52.3 Å². The number of ether oxygens (including phenoxy) is 1. The minimum atomic E-state index is -0.243. The Hall–Kier alpha value is -1.63. The van der Waals surface area contributed by atoms with Gasteiger partial charge in [-0.25, -0.2) is 0 Å². The lowest BCUT2D eigenvalue weighted by atomic mass is 10.0. The van der Waals surface area contributed by atoms with Gasteiger partial charge >= 0.3 is 0 Å². The fourth-order valence-electron chi connectivity index (χ4n) is 2.49. The van der Waals surface area contributed by atoms with Crippen molar-refractivity contribution in [3.05, 3.63) is 28.8 Å². The number of benzene rings is 1. The minimum absolute atomic E-state index is 0.0209. The van der Waals surface area contributed by atoms with Crippen LogP contribution >= 0.6 is 0 Å². The summed E-state index contributed by atoms with van der Waals surface area (Å²) in [5.41, 5.74) is 2.90. The Morgan fingerprint density at radius 1 is 1.18 bits per heavy atom. The van der Waals surface area contributed by atoms with E-state index in [0.717, 1.165) is 37.2 Å². The first kappa shape index (κ1) is 16.7. The highest BCUT2D eigenvalue weighted by molar-refractivity contribution is 5.81. The number of aromatic hydroxyl groups is 1. The number of phenols is 1. The fourth-order valence-corrected chi connectivity index (χ4v) is 2.49. The molecule has 1 aromatic carbocycles. The van der Waals surface area contributed by atoms with E-state index < -0.39 is 0 Å². The maximum Gasteiger partial charge on any atom is 0.126 e. The van der Waals surface area contributed by atoms with Gasteiger partial charge in [0.25, 0.3) is 0 Å². The number of aliphatic hydroxyl groups is 2. The number of morpholine rings is 1. The molecular weight excluding hydrogens is 284 g/mol. The fraction of sp³-hybridized carbons (Fsp3) is 0.562. The summed E-state index contributed by atoms with van der Waals surface area (Å²) in [5.74, 6) is -0.0209. The molecule has 3 N–H and O–H groups in total. The average Bonchev–Trinajstić information content (AvgIpc) is 2.54. The molecule has 22 heavy (non-hydrogen) atoms. The molecule has 0 bridgehead atoms. The summed E-state index contributed by atoms with van der Waals surface area (Å²) in [7, 11) is 0. The lowest BCUT2D eigenvalue weighted by molar-refractivity contribution is 0.0392. The van der Waals surface area contributed by atoms with E-state index in [1.807, 2.05) is 11.9 Å². The van der Waals surface area contributed by atoms with Gasteiger partial charge in [0.15, 0.2) is 0 Å². The smallest absolute Gasteiger partial charge is 0.126 e. The molecule has 1 aliphatic heterocycles. The Kier molecular flexibility index (Phi) is 6.18. The van der Waals surface area contributed by atoms with Gasteiger partial charge in [-0.05, 0) is 37.5 Å². The van der Waals surface area contributed by atoms with Crippen molar-refractivity contribution in [3.8, 4) is 5.75 Å². The van der Waals surface area contributed by atoms with Gasteiger partial charge in [-0.2, -0.15) is 5.10 Å². The molecule has 1 aromatic rings. The lowest BCUT2D eigenvalue weighted by Gasteiger charge is -2.24. The molecule has 1 aliphatic rings. The van der Waals surface area contributed by atoms with Gasteiger partial charge in [0.1, 0.15) is 5.75 Å². The van der Waals surface area contributed by atoms with Crippen LogP contribution in [0.3, 0.4) is 0 Å². The Morgan fingerprint density at radius 3 is 2.32 bits per heavy atom. The summed E-state index contributed by atoms with van der Waals surface area (Å²) in [6.07, 6.45) is 1.54. The number of hydrazone groups is 1. The Bertz CT molecular complexity index is 500. The van der Waals surface area contributed by atoms with Crippen LogP contribution in [0.25, 0.3) is 0 Å². The quantitative estimate of drug-likeness (QED) is 0.683. The predicted octanol–water partition coefficient (Wildman–Crippen LogP) is 1.02. The normalized spacial score (nSPS) is 16.1. The summed E-state index contributed by atoms with van der Waals surface area (Å²) in [6.45, 7) is 4.58. The van der Waals surface area contributed by atoms with E-state index in [2.05, 4.69) is 5.10 Å². The zero-order valence-electron chi connectivity index (χ0n) is 13.0. The third kappa shape index (κ3) is 4.43. The van der Waals surface area contributed by atoms with E-state index in [0.29, 0.717) is 24.3 Å². The predicted molar refractivity (Wildman–Crippen MR) is 83.8 cm³/mol. The molecule has 2 rings (SSSR count). The maximum absolute atomic E-state index is 9.84. The highest BCUT2D eigenvalue weighted by Gasteiger charge is 2.10. The molecule has 0 aromatic heterocycles. The molecule has 6 heteroatoms. The van der Waals surface area contributed by atoms with Crippen LogP contribution < -0.4 is 0 Å². The van der Waals surface area contributed by atoms with E-state index in [1.165, 1.54) is 0 Å².